The number of aliphatic hydroxyl groups excluding tert-OH is 1. The van der Waals surface area contributed by atoms with Crippen LogP contribution < -0.4 is 0 Å². The Morgan fingerprint density at radius 1 is 1.11 bits per heavy atom. The lowest BCUT2D eigenvalue weighted by Gasteiger charge is -2.22. The van der Waals surface area contributed by atoms with Gasteiger partial charge in [0.25, 0.3) is 0 Å². The Balaban J connectivity index is 2.28. The predicted octanol–water partition coefficient (Wildman–Crippen LogP) is 4.94. The predicted molar refractivity (Wildman–Crippen MR) is 83.3 cm³/mol. The Labute approximate surface area is 149 Å². The fourth-order valence-corrected chi connectivity index (χ4v) is 3.43. The summed E-state index contributed by atoms with van der Waals surface area (Å²) in [7, 11) is 0. The monoisotopic (exact) mass is 392 g/mol. The molecule has 2 atom stereocenters. The van der Waals surface area contributed by atoms with Gasteiger partial charge in [-0.2, -0.15) is 26.3 Å². The van der Waals surface area contributed by atoms with Crippen LogP contribution in [0.2, 0.25) is 0 Å². The number of para-hydroxylation sites is 1. The minimum atomic E-state index is -5.00. The van der Waals surface area contributed by atoms with E-state index >= 15 is 0 Å². The first-order valence-corrected chi connectivity index (χ1v) is 8.01. The van der Waals surface area contributed by atoms with Crippen LogP contribution in [0.15, 0.2) is 29.4 Å². The van der Waals surface area contributed by atoms with Crippen LogP contribution in [0.4, 0.5) is 26.3 Å². The van der Waals surface area contributed by atoms with E-state index in [-0.39, 0.29) is 16.7 Å². The fraction of sp³-hybridized carbons (Fsp3) is 0.412. The van der Waals surface area contributed by atoms with E-state index in [2.05, 4.69) is 10.1 Å². The van der Waals surface area contributed by atoms with Gasteiger partial charge in [-0.25, -0.2) is 4.98 Å². The van der Waals surface area contributed by atoms with Crippen LogP contribution in [-0.2, 0) is 12.4 Å². The van der Waals surface area contributed by atoms with Crippen molar-refractivity contribution in [3.63, 3.8) is 0 Å². The van der Waals surface area contributed by atoms with Gasteiger partial charge in [0, 0.05) is 11.3 Å². The molecule has 2 aromatic rings. The number of pyridine rings is 1. The van der Waals surface area contributed by atoms with Crippen molar-refractivity contribution in [2.45, 2.75) is 37.7 Å². The Bertz CT molecular complexity index is 891. The van der Waals surface area contributed by atoms with Crippen LogP contribution in [0.3, 0.4) is 0 Å². The normalized spacial score (nSPS) is 21.1. The van der Waals surface area contributed by atoms with Crippen LogP contribution in [0.5, 0.6) is 0 Å². The molecule has 1 heterocycles. The molecule has 0 spiro atoms. The second kappa shape index (κ2) is 6.66. The maximum atomic E-state index is 13.3. The lowest BCUT2D eigenvalue weighted by Crippen LogP contribution is -2.20. The van der Waals surface area contributed by atoms with Crippen molar-refractivity contribution >= 4 is 16.6 Å². The third kappa shape index (κ3) is 3.58. The Kier molecular flexibility index (Phi) is 4.79. The van der Waals surface area contributed by atoms with Gasteiger partial charge in [0.2, 0.25) is 0 Å². The first kappa shape index (κ1) is 19.4. The molecule has 1 aliphatic carbocycles. The number of aromatic nitrogens is 1. The molecule has 2 N–H and O–H groups in total. The van der Waals surface area contributed by atoms with Crippen molar-refractivity contribution in [3.8, 4) is 0 Å². The number of rotatable bonds is 2. The van der Waals surface area contributed by atoms with Gasteiger partial charge in [0.15, 0.2) is 0 Å². The van der Waals surface area contributed by atoms with E-state index in [4.69, 9.17) is 5.21 Å². The number of aliphatic hydroxyl groups is 1. The van der Waals surface area contributed by atoms with Crippen molar-refractivity contribution in [3.05, 3.63) is 41.1 Å². The highest BCUT2D eigenvalue weighted by Gasteiger charge is 2.39. The maximum Gasteiger partial charge on any atom is 0.433 e. The summed E-state index contributed by atoms with van der Waals surface area (Å²) in [6, 6.07) is 3.43. The van der Waals surface area contributed by atoms with E-state index in [1.807, 2.05) is 0 Å². The molecule has 0 aliphatic heterocycles. The molecule has 0 unspecified atom stereocenters. The van der Waals surface area contributed by atoms with Crippen molar-refractivity contribution in [2.24, 2.45) is 11.1 Å². The zero-order chi connectivity index (χ0) is 20.0. The molecule has 0 bridgehead atoms. The van der Waals surface area contributed by atoms with Crippen molar-refractivity contribution in [2.75, 3.05) is 0 Å². The SMILES string of the molecule is O/N=C1\CCC[C@H]1[C@@H](O)c1cc(C(F)(F)F)nc2c(C(F)(F)F)cccc12. The van der Waals surface area contributed by atoms with Crippen LogP contribution in [0.25, 0.3) is 10.9 Å². The molecular formula is C17H14F6N2O2. The topological polar surface area (TPSA) is 65.7 Å². The number of hydrogen-bond acceptors (Lipinski definition) is 4. The molecular weight excluding hydrogens is 378 g/mol. The highest BCUT2D eigenvalue weighted by molar-refractivity contribution is 5.91. The highest BCUT2D eigenvalue weighted by atomic mass is 19.4. The summed E-state index contributed by atoms with van der Waals surface area (Å²) in [5, 5.41) is 22.5. The van der Waals surface area contributed by atoms with Crippen molar-refractivity contribution in [1.82, 2.24) is 4.98 Å². The number of nitrogens with zero attached hydrogens (tertiary/aromatic N) is 2. The van der Waals surface area contributed by atoms with E-state index in [0.29, 0.717) is 31.4 Å². The van der Waals surface area contributed by atoms with Gasteiger partial charge in [-0.05, 0) is 37.0 Å². The second-order valence-electron chi connectivity index (χ2n) is 6.33. The van der Waals surface area contributed by atoms with Crippen LogP contribution in [0, 0.1) is 5.92 Å². The summed E-state index contributed by atoms with van der Waals surface area (Å²) >= 11 is 0. The number of benzene rings is 1. The molecule has 27 heavy (non-hydrogen) atoms. The Morgan fingerprint density at radius 3 is 2.41 bits per heavy atom. The molecule has 1 fully saturated rings. The fourth-order valence-electron chi connectivity index (χ4n) is 3.43. The maximum absolute atomic E-state index is 13.3. The lowest BCUT2D eigenvalue weighted by atomic mass is 9.90. The average molecular weight is 392 g/mol. The minimum Gasteiger partial charge on any atom is -0.411 e. The van der Waals surface area contributed by atoms with Gasteiger partial charge in [-0.15, -0.1) is 0 Å². The summed E-state index contributed by atoms with van der Waals surface area (Å²) in [5.41, 5.74) is -3.85. The molecule has 1 aromatic heterocycles. The zero-order valence-corrected chi connectivity index (χ0v) is 13.6. The summed E-state index contributed by atoms with van der Waals surface area (Å²) < 4.78 is 79.4. The molecule has 146 valence electrons. The van der Waals surface area contributed by atoms with E-state index in [9.17, 15) is 31.4 Å². The van der Waals surface area contributed by atoms with Gasteiger partial charge in [-0.1, -0.05) is 17.3 Å². The van der Waals surface area contributed by atoms with Crippen LogP contribution in [0.1, 0.15) is 42.2 Å². The smallest absolute Gasteiger partial charge is 0.411 e. The summed E-state index contributed by atoms with van der Waals surface area (Å²) in [6.45, 7) is 0. The zero-order valence-electron chi connectivity index (χ0n) is 13.6. The molecule has 0 radical (unpaired) electrons. The van der Waals surface area contributed by atoms with Gasteiger partial charge < -0.3 is 10.3 Å². The molecule has 3 rings (SSSR count). The molecule has 1 saturated carbocycles. The van der Waals surface area contributed by atoms with Crippen LogP contribution in [-0.4, -0.2) is 21.0 Å². The number of alkyl halides is 6. The summed E-state index contributed by atoms with van der Waals surface area (Å²) in [4.78, 5) is 3.19. The second-order valence-corrected chi connectivity index (χ2v) is 6.33. The Hall–Kier alpha value is -2.36. The molecule has 10 heteroatoms. The van der Waals surface area contributed by atoms with Gasteiger partial charge in [0.1, 0.15) is 5.69 Å². The summed E-state index contributed by atoms with van der Waals surface area (Å²) in [6.07, 6.45) is -10.2. The highest BCUT2D eigenvalue weighted by Crippen LogP contribution is 2.42. The molecule has 4 nitrogen and oxygen atoms in total. The summed E-state index contributed by atoms with van der Waals surface area (Å²) in [5.74, 6) is -0.781. The van der Waals surface area contributed by atoms with E-state index in [1.165, 1.54) is 6.07 Å². The van der Waals surface area contributed by atoms with Crippen LogP contribution >= 0.6 is 0 Å². The third-order valence-electron chi connectivity index (χ3n) is 4.67. The first-order valence-electron chi connectivity index (χ1n) is 8.01. The number of halogens is 6. The number of fused-ring (bicyclic) bond motifs is 1. The molecule has 0 amide bonds. The van der Waals surface area contributed by atoms with E-state index in [0.717, 1.165) is 6.07 Å². The quantitative estimate of drug-likeness (QED) is 0.432. The van der Waals surface area contributed by atoms with Gasteiger partial charge in [-0.3, -0.25) is 0 Å². The van der Waals surface area contributed by atoms with E-state index < -0.39 is 41.1 Å². The van der Waals surface area contributed by atoms with Gasteiger partial charge >= 0.3 is 12.4 Å². The first-order chi connectivity index (χ1) is 12.5. The van der Waals surface area contributed by atoms with Crippen molar-refractivity contribution < 1.29 is 36.7 Å². The van der Waals surface area contributed by atoms with Crippen molar-refractivity contribution in [1.29, 1.82) is 0 Å². The molecule has 1 aromatic carbocycles. The minimum absolute atomic E-state index is 0.202. The molecule has 0 saturated heterocycles. The van der Waals surface area contributed by atoms with E-state index in [1.54, 1.807) is 0 Å². The standard InChI is InChI=1S/C17H14F6N2O2/c18-16(19,20)11-5-1-3-8-10(7-13(17(21,22)23)24-14(8)11)15(26)9-4-2-6-12(9)25-27/h1,3,5,7,9,15,26-27H,2,4,6H2/b25-12+/t9-,15-/m1/s1. The number of hydrogen-bond donors (Lipinski definition) is 2. The third-order valence-corrected chi connectivity index (χ3v) is 4.67. The Morgan fingerprint density at radius 2 is 1.81 bits per heavy atom. The average Bonchev–Trinajstić information content (AvgIpc) is 3.06. The number of oxime groups is 1. The van der Waals surface area contributed by atoms with Gasteiger partial charge in [0.05, 0.1) is 22.9 Å². The lowest BCUT2D eigenvalue weighted by molar-refractivity contribution is -0.142. The largest absolute Gasteiger partial charge is 0.433 e. The molecule has 1 aliphatic rings.